The Hall–Kier alpha value is -3.34. The Morgan fingerprint density at radius 1 is 1.03 bits per heavy atom. The highest BCUT2D eigenvalue weighted by Gasteiger charge is 2.29. The van der Waals surface area contributed by atoms with Gasteiger partial charge in [-0.05, 0) is 95.5 Å². The average molecular weight is 505 g/mol. The van der Waals surface area contributed by atoms with Crippen LogP contribution in [0.1, 0.15) is 81.4 Å². The zero-order valence-electron chi connectivity index (χ0n) is 22.2. The smallest absolute Gasteiger partial charge is 0.303 e. The van der Waals surface area contributed by atoms with Gasteiger partial charge in [0.2, 0.25) is 0 Å². The number of hydrogen-bond acceptors (Lipinski definition) is 3. The molecule has 3 aromatic carbocycles. The zero-order valence-corrected chi connectivity index (χ0v) is 22.2. The highest BCUT2D eigenvalue weighted by atomic mass is 19.1. The van der Waals surface area contributed by atoms with Crippen molar-refractivity contribution in [2.75, 3.05) is 7.11 Å². The number of halogens is 1. The van der Waals surface area contributed by atoms with E-state index >= 15 is 0 Å². The van der Waals surface area contributed by atoms with Crippen molar-refractivity contribution in [3.05, 3.63) is 83.2 Å². The number of rotatable bonds is 9. The Kier molecular flexibility index (Phi) is 8.21. The van der Waals surface area contributed by atoms with E-state index in [1.807, 2.05) is 43.3 Å². The molecule has 1 saturated carbocycles. The lowest BCUT2D eigenvalue weighted by Gasteiger charge is -2.35. The predicted octanol–water partition coefficient (Wildman–Crippen LogP) is 8.34. The molecule has 0 bridgehead atoms. The topological polar surface area (TPSA) is 55.8 Å². The van der Waals surface area contributed by atoms with Crippen LogP contribution in [0.4, 0.5) is 4.39 Å². The number of hydrogen-bond donors (Lipinski definition) is 1. The molecule has 37 heavy (non-hydrogen) atoms. The summed E-state index contributed by atoms with van der Waals surface area (Å²) in [7, 11) is 1.60. The van der Waals surface area contributed by atoms with Gasteiger partial charge in [0.15, 0.2) is 0 Å². The van der Waals surface area contributed by atoms with E-state index in [4.69, 9.17) is 14.6 Å². The molecule has 3 aromatic rings. The Morgan fingerprint density at radius 2 is 1.78 bits per heavy atom. The van der Waals surface area contributed by atoms with Gasteiger partial charge in [-0.15, -0.1) is 0 Å². The van der Waals surface area contributed by atoms with E-state index in [2.05, 4.69) is 19.9 Å². The predicted molar refractivity (Wildman–Crippen MR) is 145 cm³/mol. The summed E-state index contributed by atoms with van der Waals surface area (Å²) in [4.78, 5) is 11.1. The second-order valence-electron chi connectivity index (χ2n) is 11.1. The minimum atomic E-state index is -0.815. The lowest BCUT2D eigenvalue weighted by atomic mass is 9.70. The highest BCUT2D eigenvalue weighted by molar-refractivity contribution is 5.71. The Labute approximate surface area is 219 Å². The highest BCUT2D eigenvalue weighted by Crippen LogP contribution is 2.45. The van der Waals surface area contributed by atoms with Gasteiger partial charge in [0, 0.05) is 5.56 Å². The van der Waals surface area contributed by atoms with Gasteiger partial charge in [0.1, 0.15) is 23.9 Å². The number of benzene rings is 3. The van der Waals surface area contributed by atoms with Gasteiger partial charge in [-0.1, -0.05) is 51.1 Å². The fraction of sp³-hybridized carbons (Fsp3) is 0.406. The lowest BCUT2D eigenvalue weighted by Crippen LogP contribution is -2.20. The van der Waals surface area contributed by atoms with Crippen LogP contribution in [-0.4, -0.2) is 18.2 Å². The number of carboxylic acids is 1. The van der Waals surface area contributed by atoms with Gasteiger partial charge in [0.25, 0.3) is 0 Å². The van der Waals surface area contributed by atoms with Crippen LogP contribution in [0.5, 0.6) is 11.5 Å². The normalized spacial score (nSPS) is 16.2. The summed E-state index contributed by atoms with van der Waals surface area (Å²) in [5.74, 6) is 0.531. The van der Waals surface area contributed by atoms with Crippen molar-refractivity contribution in [1.82, 2.24) is 0 Å². The maximum Gasteiger partial charge on any atom is 0.303 e. The van der Waals surface area contributed by atoms with E-state index in [1.54, 1.807) is 19.2 Å². The summed E-state index contributed by atoms with van der Waals surface area (Å²) >= 11 is 0. The van der Waals surface area contributed by atoms with Crippen molar-refractivity contribution in [2.24, 2.45) is 5.41 Å². The summed E-state index contributed by atoms with van der Waals surface area (Å²) in [6.07, 6.45) is 4.49. The van der Waals surface area contributed by atoms with Crippen LogP contribution in [0.15, 0.2) is 60.7 Å². The van der Waals surface area contributed by atoms with Crippen LogP contribution in [0.3, 0.4) is 0 Å². The number of ether oxygens (including phenoxy) is 2. The first-order valence-corrected chi connectivity index (χ1v) is 13.1. The van der Waals surface area contributed by atoms with Crippen LogP contribution >= 0.6 is 0 Å². The molecule has 5 heteroatoms. The van der Waals surface area contributed by atoms with Crippen LogP contribution in [0, 0.1) is 11.2 Å². The van der Waals surface area contributed by atoms with Crippen LogP contribution in [0.25, 0.3) is 11.1 Å². The average Bonchev–Trinajstić information content (AvgIpc) is 2.87. The summed E-state index contributed by atoms with van der Waals surface area (Å²) in [5, 5.41) is 9.12. The molecule has 0 heterocycles. The third-order valence-corrected chi connectivity index (χ3v) is 7.67. The summed E-state index contributed by atoms with van der Waals surface area (Å²) in [6.45, 7) is 6.92. The molecule has 0 spiro atoms. The molecule has 4 nitrogen and oxygen atoms in total. The molecule has 0 aliphatic heterocycles. The van der Waals surface area contributed by atoms with Crippen molar-refractivity contribution < 1.29 is 23.8 Å². The number of aliphatic carboxylic acids is 1. The van der Waals surface area contributed by atoms with E-state index < -0.39 is 5.97 Å². The molecular weight excluding hydrogens is 467 g/mol. The molecular formula is C32H37FO4. The summed E-state index contributed by atoms with van der Waals surface area (Å²) < 4.78 is 26.5. The Bertz CT molecular complexity index is 1240. The lowest BCUT2D eigenvalue weighted by molar-refractivity contribution is -0.137. The van der Waals surface area contributed by atoms with Crippen molar-refractivity contribution >= 4 is 5.97 Å². The summed E-state index contributed by atoms with van der Waals surface area (Å²) in [5.41, 5.74) is 4.93. The van der Waals surface area contributed by atoms with Gasteiger partial charge in [-0.2, -0.15) is 0 Å². The van der Waals surface area contributed by atoms with Crippen molar-refractivity contribution in [2.45, 2.75) is 71.3 Å². The monoisotopic (exact) mass is 504 g/mol. The molecule has 1 aliphatic carbocycles. The zero-order chi connectivity index (χ0) is 26.6. The van der Waals surface area contributed by atoms with Gasteiger partial charge in [-0.3, -0.25) is 4.79 Å². The minimum absolute atomic E-state index is 0.0767. The molecule has 1 aliphatic rings. The largest absolute Gasteiger partial charge is 0.497 e. The fourth-order valence-electron chi connectivity index (χ4n) is 5.29. The third-order valence-electron chi connectivity index (χ3n) is 7.67. The Morgan fingerprint density at radius 3 is 2.49 bits per heavy atom. The fourth-order valence-corrected chi connectivity index (χ4v) is 5.29. The van der Waals surface area contributed by atoms with Crippen LogP contribution in [-0.2, 0) is 11.4 Å². The molecule has 1 atom stereocenters. The molecule has 0 saturated heterocycles. The van der Waals surface area contributed by atoms with E-state index in [9.17, 15) is 9.18 Å². The number of carboxylic acid groups (broad SMARTS) is 1. The SMILES string of the molecule is COc1ccc(F)c(-c2ccc(COc3cccc([C@@H](C)CC(=O)O)c3)cc2C2CCC(C)(C)CC2)c1. The molecule has 1 fully saturated rings. The van der Waals surface area contributed by atoms with Gasteiger partial charge in [0.05, 0.1) is 13.5 Å². The van der Waals surface area contributed by atoms with Crippen molar-refractivity contribution in [1.29, 1.82) is 0 Å². The van der Waals surface area contributed by atoms with Crippen LogP contribution in [0.2, 0.25) is 0 Å². The first-order valence-electron chi connectivity index (χ1n) is 13.1. The van der Waals surface area contributed by atoms with Crippen LogP contribution < -0.4 is 9.47 Å². The molecule has 4 rings (SSSR count). The minimum Gasteiger partial charge on any atom is -0.497 e. The first kappa shape index (κ1) is 26.7. The van der Waals surface area contributed by atoms with Gasteiger partial charge in [-0.25, -0.2) is 4.39 Å². The van der Waals surface area contributed by atoms with E-state index in [1.165, 1.54) is 6.07 Å². The first-order chi connectivity index (χ1) is 17.6. The maximum atomic E-state index is 15.0. The molecule has 1 N–H and O–H groups in total. The number of methoxy groups -OCH3 is 1. The van der Waals surface area contributed by atoms with Crippen molar-refractivity contribution in [3.63, 3.8) is 0 Å². The quantitative estimate of drug-likeness (QED) is 0.318. The van der Waals surface area contributed by atoms with Gasteiger partial charge >= 0.3 is 5.97 Å². The summed E-state index contributed by atoms with van der Waals surface area (Å²) in [6, 6.07) is 18.7. The van der Waals surface area contributed by atoms with Gasteiger partial charge < -0.3 is 14.6 Å². The van der Waals surface area contributed by atoms with E-state index in [0.717, 1.165) is 47.9 Å². The van der Waals surface area contributed by atoms with E-state index in [-0.39, 0.29) is 18.2 Å². The van der Waals surface area contributed by atoms with Crippen molar-refractivity contribution in [3.8, 4) is 22.6 Å². The van der Waals surface area contributed by atoms with E-state index in [0.29, 0.717) is 35.0 Å². The molecule has 0 radical (unpaired) electrons. The molecule has 0 aromatic heterocycles. The number of carbonyl (C=O) groups is 1. The third kappa shape index (κ3) is 6.71. The standard InChI is InChI=1S/C32H37FO4/c1-21(16-31(34)35)24-6-5-7-26(18-24)37-20-22-8-10-27(29-19-25(36-4)9-11-30(29)33)28(17-22)23-12-14-32(2,3)15-13-23/h5-11,17-19,21,23H,12-16,20H2,1-4H3,(H,34,35)/t21-/m0/s1. The molecule has 0 amide bonds. The maximum absolute atomic E-state index is 15.0. The molecule has 0 unspecified atom stereocenters. The second-order valence-corrected chi connectivity index (χ2v) is 11.1. The second kappa shape index (κ2) is 11.4. The molecule has 196 valence electrons. The Balaban J connectivity index is 1.61.